The topological polar surface area (TPSA) is 91.2 Å². The quantitative estimate of drug-likeness (QED) is 0.211. The largest absolute Gasteiger partial charge is 0.454 e. The van der Waals surface area contributed by atoms with Gasteiger partial charge in [0.1, 0.15) is 0 Å². The second-order valence-corrected chi connectivity index (χ2v) is 9.14. The smallest absolute Gasteiger partial charge is 0.282 e. The summed E-state index contributed by atoms with van der Waals surface area (Å²) in [6, 6.07) is 13.0. The first kappa shape index (κ1) is 21.1. The molecule has 2 aromatic heterocycles. The van der Waals surface area contributed by atoms with Crippen molar-refractivity contribution in [2.45, 2.75) is 13.8 Å². The molecule has 0 aliphatic carbocycles. The van der Waals surface area contributed by atoms with Crippen LogP contribution in [-0.2, 0) is 0 Å². The first-order valence-corrected chi connectivity index (χ1v) is 11.7. The Hall–Kier alpha value is -3.76. The van der Waals surface area contributed by atoms with Crippen LogP contribution in [0.5, 0.6) is 11.5 Å². The predicted octanol–water partition coefficient (Wildman–Crippen LogP) is 5.65. The van der Waals surface area contributed by atoms with Crippen LogP contribution >= 0.6 is 22.7 Å². The third kappa shape index (κ3) is 4.18. The van der Waals surface area contributed by atoms with Crippen molar-refractivity contribution in [1.29, 1.82) is 0 Å². The average molecular weight is 479 g/mol. The molecule has 10 heteroatoms. The van der Waals surface area contributed by atoms with Gasteiger partial charge in [0.2, 0.25) is 11.6 Å². The van der Waals surface area contributed by atoms with Gasteiger partial charge in [-0.05, 0) is 48.6 Å². The van der Waals surface area contributed by atoms with Gasteiger partial charge in [-0.1, -0.05) is 18.2 Å². The minimum atomic E-state index is -0.455. The maximum atomic E-state index is 11.6. The van der Waals surface area contributed by atoms with Gasteiger partial charge in [-0.2, -0.15) is 5.10 Å². The van der Waals surface area contributed by atoms with E-state index in [1.807, 2.05) is 54.9 Å². The Labute approximate surface area is 196 Å². The first-order valence-electron chi connectivity index (χ1n) is 9.98. The molecule has 166 valence electrons. The molecule has 0 saturated carbocycles. The normalized spacial score (nSPS) is 13.2. The molecule has 0 unspecified atom stereocenters. The summed E-state index contributed by atoms with van der Waals surface area (Å²) in [6.45, 7) is 4.07. The number of nitrogens with zero attached hydrogens (tertiary/aromatic N) is 4. The molecule has 3 heterocycles. The van der Waals surface area contributed by atoms with Crippen molar-refractivity contribution >= 4 is 40.3 Å². The van der Waals surface area contributed by atoms with Crippen LogP contribution in [0.4, 0.5) is 11.4 Å². The van der Waals surface area contributed by atoms with Crippen molar-refractivity contribution in [3.8, 4) is 22.1 Å². The van der Waals surface area contributed by atoms with Crippen LogP contribution in [0.1, 0.15) is 16.7 Å². The molecule has 0 radical (unpaired) electrons. The van der Waals surface area contributed by atoms with Crippen molar-refractivity contribution < 1.29 is 14.4 Å². The fourth-order valence-electron chi connectivity index (χ4n) is 3.35. The van der Waals surface area contributed by atoms with Gasteiger partial charge in [-0.3, -0.25) is 10.1 Å². The molecule has 0 saturated heterocycles. The lowest BCUT2D eigenvalue weighted by Gasteiger charge is -2.04. The molecule has 1 aliphatic heterocycles. The molecule has 1 aliphatic rings. The van der Waals surface area contributed by atoms with Crippen molar-refractivity contribution in [3.05, 3.63) is 84.8 Å². The van der Waals surface area contributed by atoms with E-state index in [0.717, 1.165) is 27.4 Å². The summed E-state index contributed by atoms with van der Waals surface area (Å²) in [7, 11) is 0. The number of hydrogen-bond donors (Lipinski definition) is 0. The number of aryl methyl sites for hydroxylation is 2. The number of nitro benzene ring substituents is 1. The van der Waals surface area contributed by atoms with Gasteiger partial charge < -0.3 is 9.47 Å². The number of fused-ring (bicyclic) bond motifs is 1. The summed E-state index contributed by atoms with van der Waals surface area (Å²) in [6.07, 6.45) is 1.46. The minimum absolute atomic E-state index is 0.0355. The highest BCUT2D eigenvalue weighted by Gasteiger charge is 2.22. The van der Waals surface area contributed by atoms with Crippen LogP contribution in [0.3, 0.4) is 0 Å². The van der Waals surface area contributed by atoms with E-state index in [-0.39, 0.29) is 12.5 Å². The summed E-state index contributed by atoms with van der Waals surface area (Å²) in [5, 5.41) is 20.2. The third-order valence-corrected chi connectivity index (χ3v) is 6.78. The molecule has 0 spiro atoms. The Balaban J connectivity index is 1.66. The molecule has 33 heavy (non-hydrogen) atoms. The zero-order valence-electron chi connectivity index (χ0n) is 17.7. The van der Waals surface area contributed by atoms with Crippen LogP contribution < -0.4 is 14.3 Å². The second-order valence-electron chi connectivity index (χ2n) is 7.36. The number of aromatic nitrogens is 1. The van der Waals surface area contributed by atoms with E-state index >= 15 is 0 Å². The molecule has 8 nitrogen and oxygen atoms in total. The monoisotopic (exact) mass is 478 g/mol. The predicted molar refractivity (Wildman–Crippen MR) is 129 cm³/mol. The first-order chi connectivity index (χ1) is 16.0. The lowest BCUT2D eigenvalue weighted by molar-refractivity contribution is -0.385. The van der Waals surface area contributed by atoms with E-state index in [0.29, 0.717) is 21.9 Å². The Morgan fingerprint density at radius 1 is 1.12 bits per heavy atom. The van der Waals surface area contributed by atoms with Crippen molar-refractivity contribution in [2.75, 3.05) is 6.79 Å². The molecule has 0 atom stereocenters. The van der Waals surface area contributed by atoms with Crippen LogP contribution in [-0.4, -0.2) is 22.6 Å². The number of benzene rings is 2. The van der Waals surface area contributed by atoms with E-state index in [4.69, 9.17) is 14.5 Å². The Morgan fingerprint density at radius 3 is 2.70 bits per heavy atom. The average Bonchev–Trinajstić information content (AvgIpc) is 3.54. The second kappa shape index (κ2) is 8.64. The highest BCUT2D eigenvalue weighted by atomic mass is 32.1. The van der Waals surface area contributed by atoms with Gasteiger partial charge in [-0.15, -0.1) is 22.7 Å². The zero-order valence-corrected chi connectivity index (χ0v) is 19.4. The molecular weight excluding hydrogens is 460 g/mol. The molecule has 0 amide bonds. The van der Waals surface area contributed by atoms with E-state index < -0.39 is 4.92 Å². The van der Waals surface area contributed by atoms with Crippen molar-refractivity contribution in [2.24, 2.45) is 10.1 Å². The number of thiophene rings is 1. The van der Waals surface area contributed by atoms with E-state index in [9.17, 15) is 10.1 Å². The van der Waals surface area contributed by atoms with Gasteiger partial charge in [0.15, 0.2) is 11.5 Å². The SMILES string of the molecule is Cc1ccc(C)c(N=c2scc(-c3cccs3)n2N=Cc2cc3c(cc2[N+](=O)[O-])OCO3)c1. The summed E-state index contributed by atoms with van der Waals surface area (Å²) < 4.78 is 12.4. The van der Waals surface area contributed by atoms with Gasteiger partial charge in [0, 0.05) is 5.38 Å². The lowest BCUT2D eigenvalue weighted by atomic mass is 10.1. The molecule has 0 N–H and O–H groups in total. The lowest BCUT2D eigenvalue weighted by Crippen LogP contribution is -2.11. The number of thiazole rings is 1. The molecule has 0 fully saturated rings. The summed E-state index contributed by atoms with van der Waals surface area (Å²) in [5.41, 5.74) is 4.09. The molecule has 0 bridgehead atoms. The van der Waals surface area contributed by atoms with E-state index in [1.165, 1.54) is 23.6 Å². The maximum absolute atomic E-state index is 11.6. The number of ether oxygens (including phenoxy) is 2. The van der Waals surface area contributed by atoms with Crippen molar-refractivity contribution in [1.82, 2.24) is 4.68 Å². The van der Waals surface area contributed by atoms with Crippen molar-refractivity contribution in [3.63, 3.8) is 0 Å². The molecule has 2 aromatic carbocycles. The fourth-order valence-corrected chi connectivity index (χ4v) is 5.00. The van der Waals surface area contributed by atoms with Gasteiger partial charge in [-0.25, -0.2) is 9.67 Å². The van der Waals surface area contributed by atoms with Gasteiger partial charge in [0.05, 0.1) is 39.0 Å². The van der Waals surface area contributed by atoms with E-state index in [2.05, 4.69) is 5.10 Å². The van der Waals surface area contributed by atoms with Gasteiger partial charge >= 0.3 is 0 Å². The standard InChI is InChI=1S/C23H18N4O4S2/c1-14-5-6-15(2)17(8-14)25-23-26(19(12-33-23)22-4-3-7-32-22)24-11-16-9-20-21(31-13-30-20)10-18(16)27(28)29/h3-12H,13H2,1-2H3. The Bertz CT molecular complexity index is 1450. The molecule has 4 aromatic rings. The number of rotatable bonds is 5. The highest BCUT2D eigenvalue weighted by Crippen LogP contribution is 2.37. The zero-order chi connectivity index (χ0) is 22.9. The highest BCUT2D eigenvalue weighted by molar-refractivity contribution is 7.14. The summed E-state index contributed by atoms with van der Waals surface area (Å²) in [5.74, 6) is 0.808. The molecule has 5 rings (SSSR count). The van der Waals surface area contributed by atoms with E-state index in [1.54, 1.807) is 22.1 Å². The maximum Gasteiger partial charge on any atom is 0.282 e. The Kier molecular flexibility index (Phi) is 5.53. The van der Waals surface area contributed by atoms with Gasteiger partial charge in [0.25, 0.3) is 5.69 Å². The van der Waals surface area contributed by atoms with Crippen LogP contribution in [0, 0.1) is 24.0 Å². The fraction of sp³-hybridized carbons (Fsp3) is 0.130. The number of hydrogen-bond acceptors (Lipinski definition) is 8. The summed E-state index contributed by atoms with van der Waals surface area (Å²) >= 11 is 3.05. The Morgan fingerprint density at radius 2 is 1.94 bits per heavy atom. The number of nitro groups is 1. The third-order valence-electron chi connectivity index (χ3n) is 5.07. The molecular formula is C23H18N4O4S2. The van der Waals surface area contributed by atoms with Crippen LogP contribution in [0.25, 0.3) is 10.6 Å². The van der Waals surface area contributed by atoms with Crippen LogP contribution in [0.15, 0.2) is 63.3 Å². The summed E-state index contributed by atoms with van der Waals surface area (Å²) in [4.78, 5) is 17.7. The minimum Gasteiger partial charge on any atom is -0.454 e. The van der Waals surface area contributed by atoms with Crippen LogP contribution in [0.2, 0.25) is 0 Å².